The zero-order valence-electron chi connectivity index (χ0n) is 17.4. The average molecular weight is 387 g/mol. The molecule has 2 heteroatoms. The van der Waals surface area contributed by atoms with Crippen LogP contribution in [0, 0.1) is 29.4 Å². The van der Waals surface area contributed by atoms with Crippen molar-refractivity contribution in [1.29, 1.82) is 0 Å². The van der Waals surface area contributed by atoms with Gasteiger partial charge < -0.3 is 0 Å². The SMILES string of the molecule is CCCCCCCC[C@H]1CC[C@H](C2C=CC=CC2c2cc(F)cc(F)c2)CC1. The Morgan fingerprint density at radius 1 is 0.786 bits per heavy atom. The highest BCUT2D eigenvalue weighted by molar-refractivity contribution is 5.32. The number of halogens is 2. The van der Waals surface area contributed by atoms with E-state index in [9.17, 15) is 8.78 Å². The normalized spacial score (nSPS) is 27.2. The minimum Gasteiger partial charge on any atom is -0.207 e. The van der Waals surface area contributed by atoms with Gasteiger partial charge in [0.25, 0.3) is 0 Å². The van der Waals surface area contributed by atoms with Gasteiger partial charge in [0.2, 0.25) is 0 Å². The highest BCUT2D eigenvalue weighted by Gasteiger charge is 2.32. The van der Waals surface area contributed by atoms with Crippen LogP contribution >= 0.6 is 0 Å². The highest BCUT2D eigenvalue weighted by Crippen LogP contribution is 2.43. The number of allylic oxidation sites excluding steroid dienone is 4. The van der Waals surface area contributed by atoms with Crippen LogP contribution in [0.15, 0.2) is 42.5 Å². The van der Waals surface area contributed by atoms with Crippen LogP contribution in [0.3, 0.4) is 0 Å². The van der Waals surface area contributed by atoms with Crippen LogP contribution in [-0.4, -0.2) is 0 Å². The zero-order chi connectivity index (χ0) is 19.8. The molecular weight excluding hydrogens is 350 g/mol. The van der Waals surface area contributed by atoms with E-state index < -0.39 is 11.6 Å². The second-order valence-electron chi connectivity index (χ2n) is 8.91. The van der Waals surface area contributed by atoms with Gasteiger partial charge in [0.05, 0.1) is 0 Å². The molecule has 0 amide bonds. The lowest BCUT2D eigenvalue weighted by molar-refractivity contribution is 0.209. The van der Waals surface area contributed by atoms with Gasteiger partial charge >= 0.3 is 0 Å². The van der Waals surface area contributed by atoms with Crippen molar-refractivity contribution >= 4 is 0 Å². The van der Waals surface area contributed by atoms with Crippen molar-refractivity contribution in [3.05, 3.63) is 59.7 Å². The van der Waals surface area contributed by atoms with E-state index in [1.54, 1.807) is 0 Å². The molecule has 1 saturated carbocycles. The third-order valence-corrected chi connectivity index (χ3v) is 6.85. The Kier molecular flexibility index (Phi) is 8.30. The van der Waals surface area contributed by atoms with Crippen molar-refractivity contribution in [2.24, 2.45) is 17.8 Å². The van der Waals surface area contributed by atoms with E-state index in [4.69, 9.17) is 0 Å². The van der Waals surface area contributed by atoms with Crippen LogP contribution in [0.4, 0.5) is 8.78 Å². The Labute approximate surface area is 170 Å². The predicted molar refractivity (Wildman–Crippen MR) is 114 cm³/mol. The van der Waals surface area contributed by atoms with Gasteiger partial charge in [0, 0.05) is 12.0 Å². The summed E-state index contributed by atoms with van der Waals surface area (Å²) in [4.78, 5) is 0. The standard InChI is InChI=1S/C26H36F2/c1-2-3-4-5-6-7-10-20-13-15-21(16-14-20)25-11-8-9-12-26(25)22-17-23(27)19-24(28)18-22/h8-9,11-12,17-21,25-26H,2-7,10,13-16H2,1H3/t20-,21-,25?,26?. The first-order valence-electron chi connectivity index (χ1n) is 11.5. The first-order chi connectivity index (χ1) is 13.7. The smallest absolute Gasteiger partial charge is 0.126 e. The van der Waals surface area contributed by atoms with Crippen molar-refractivity contribution < 1.29 is 8.78 Å². The van der Waals surface area contributed by atoms with Crippen molar-refractivity contribution in [3.8, 4) is 0 Å². The van der Waals surface area contributed by atoms with E-state index in [1.165, 1.54) is 82.8 Å². The van der Waals surface area contributed by atoms with Crippen molar-refractivity contribution in [3.63, 3.8) is 0 Å². The predicted octanol–water partition coefficient (Wildman–Crippen LogP) is 8.35. The number of hydrogen-bond acceptors (Lipinski definition) is 0. The molecule has 1 aromatic carbocycles. The second-order valence-corrected chi connectivity index (χ2v) is 8.91. The third kappa shape index (κ3) is 6.03. The molecule has 0 spiro atoms. The average Bonchev–Trinajstić information content (AvgIpc) is 2.70. The summed E-state index contributed by atoms with van der Waals surface area (Å²) in [5.41, 5.74) is 0.775. The minimum atomic E-state index is -0.473. The largest absolute Gasteiger partial charge is 0.207 e. The molecule has 0 bridgehead atoms. The molecule has 0 aliphatic heterocycles. The van der Waals surface area contributed by atoms with Gasteiger partial charge in [-0.3, -0.25) is 0 Å². The number of benzene rings is 1. The Hall–Kier alpha value is -1.44. The maximum Gasteiger partial charge on any atom is 0.126 e. The molecule has 1 fully saturated rings. The Morgan fingerprint density at radius 3 is 2.14 bits per heavy atom. The van der Waals surface area contributed by atoms with Gasteiger partial charge in [0.15, 0.2) is 0 Å². The quantitative estimate of drug-likeness (QED) is 0.374. The molecule has 28 heavy (non-hydrogen) atoms. The van der Waals surface area contributed by atoms with E-state index in [1.807, 2.05) is 6.08 Å². The summed E-state index contributed by atoms with van der Waals surface area (Å²) in [6.07, 6.45) is 23.3. The molecular formula is C26H36F2. The van der Waals surface area contributed by atoms with E-state index in [0.717, 1.165) is 17.5 Å². The van der Waals surface area contributed by atoms with Crippen LogP contribution in [0.2, 0.25) is 0 Å². The summed E-state index contributed by atoms with van der Waals surface area (Å²) < 4.78 is 27.5. The molecule has 0 N–H and O–H groups in total. The Morgan fingerprint density at radius 2 is 1.43 bits per heavy atom. The third-order valence-electron chi connectivity index (χ3n) is 6.85. The first-order valence-corrected chi connectivity index (χ1v) is 11.5. The van der Waals surface area contributed by atoms with Gasteiger partial charge in [0.1, 0.15) is 11.6 Å². The maximum atomic E-state index is 13.7. The number of rotatable bonds is 9. The fourth-order valence-electron chi connectivity index (χ4n) is 5.25. The fourth-order valence-corrected chi connectivity index (χ4v) is 5.25. The number of hydrogen-bond donors (Lipinski definition) is 0. The second kappa shape index (κ2) is 10.9. The molecule has 2 unspecified atom stereocenters. The van der Waals surface area contributed by atoms with Gasteiger partial charge in [-0.05, 0) is 48.3 Å². The number of unbranched alkanes of at least 4 members (excludes halogenated alkanes) is 5. The van der Waals surface area contributed by atoms with Gasteiger partial charge in [-0.15, -0.1) is 0 Å². The van der Waals surface area contributed by atoms with Gasteiger partial charge in [-0.25, -0.2) is 8.78 Å². The molecule has 3 rings (SSSR count). The van der Waals surface area contributed by atoms with Crippen molar-refractivity contribution in [2.45, 2.75) is 83.5 Å². The molecule has 154 valence electrons. The molecule has 0 aromatic heterocycles. The van der Waals surface area contributed by atoms with Gasteiger partial charge in [-0.2, -0.15) is 0 Å². The summed E-state index contributed by atoms with van der Waals surface area (Å²) in [5, 5.41) is 0. The van der Waals surface area contributed by atoms with E-state index in [2.05, 4.69) is 25.2 Å². The highest BCUT2D eigenvalue weighted by atomic mass is 19.1. The summed E-state index contributed by atoms with van der Waals surface area (Å²) in [5.74, 6) is 1.02. The molecule has 1 aromatic rings. The monoisotopic (exact) mass is 386 g/mol. The summed E-state index contributed by atoms with van der Waals surface area (Å²) in [6.45, 7) is 2.27. The van der Waals surface area contributed by atoms with E-state index in [-0.39, 0.29) is 5.92 Å². The molecule has 0 saturated heterocycles. The van der Waals surface area contributed by atoms with E-state index in [0.29, 0.717) is 11.8 Å². The molecule has 0 heterocycles. The summed E-state index contributed by atoms with van der Waals surface area (Å²) in [7, 11) is 0. The zero-order valence-corrected chi connectivity index (χ0v) is 17.4. The summed E-state index contributed by atoms with van der Waals surface area (Å²) in [6, 6.07) is 3.98. The minimum absolute atomic E-state index is 0.0929. The van der Waals surface area contributed by atoms with Crippen molar-refractivity contribution in [2.75, 3.05) is 0 Å². The van der Waals surface area contributed by atoms with Gasteiger partial charge in [-0.1, -0.05) is 89.0 Å². The van der Waals surface area contributed by atoms with Crippen molar-refractivity contribution in [1.82, 2.24) is 0 Å². The lowest BCUT2D eigenvalue weighted by Gasteiger charge is -2.37. The first kappa shape index (κ1) is 21.3. The van der Waals surface area contributed by atoms with Crippen LogP contribution in [-0.2, 0) is 0 Å². The lowest BCUT2D eigenvalue weighted by Crippen LogP contribution is -2.25. The lowest BCUT2D eigenvalue weighted by atomic mass is 9.68. The van der Waals surface area contributed by atoms with Crippen LogP contribution in [0.25, 0.3) is 0 Å². The maximum absolute atomic E-state index is 13.7. The van der Waals surface area contributed by atoms with Crippen LogP contribution in [0.1, 0.15) is 89.0 Å². The molecule has 2 atom stereocenters. The molecule has 2 aliphatic carbocycles. The molecule has 2 aliphatic rings. The topological polar surface area (TPSA) is 0 Å². The van der Waals surface area contributed by atoms with Crippen LogP contribution in [0.5, 0.6) is 0 Å². The summed E-state index contributed by atoms with van der Waals surface area (Å²) >= 11 is 0. The Balaban J connectivity index is 1.50. The Bertz CT molecular complexity index is 632. The van der Waals surface area contributed by atoms with Crippen LogP contribution < -0.4 is 0 Å². The molecule has 0 radical (unpaired) electrons. The molecule has 0 nitrogen and oxygen atoms in total. The van der Waals surface area contributed by atoms with E-state index >= 15 is 0 Å². The fraction of sp³-hybridized carbons (Fsp3) is 0.615.